The Kier molecular flexibility index (Phi) is 5.31. The molecule has 1 aromatic heterocycles. The van der Waals surface area contributed by atoms with Crippen molar-refractivity contribution in [2.45, 2.75) is 17.9 Å². The first-order chi connectivity index (χ1) is 9.70. The summed E-state index contributed by atoms with van der Waals surface area (Å²) in [5, 5.41) is 0.734. The Labute approximate surface area is 121 Å². The molecule has 108 valence electrons. The van der Waals surface area contributed by atoms with Crippen LogP contribution < -0.4 is 11.3 Å². The van der Waals surface area contributed by atoms with E-state index in [-0.39, 0.29) is 17.7 Å². The molecule has 0 unspecified atom stereocenters. The summed E-state index contributed by atoms with van der Waals surface area (Å²) in [6, 6.07) is 0. The molecule has 0 aromatic carbocycles. The molecule has 0 aliphatic carbocycles. The lowest BCUT2D eigenvalue weighted by atomic mass is 9.96. The summed E-state index contributed by atoms with van der Waals surface area (Å²) in [4.78, 5) is 33.3. The first-order valence-electron chi connectivity index (χ1n) is 6.37. The van der Waals surface area contributed by atoms with E-state index in [0.717, 1.165) is 5.03 Å². The van der Waals surface area contributed by atoms with Crippen LogP contribution in [0.5, 0.6) is 0 Å². The number of carbonyl (C=O) groups excluding carboxylic acids is 2. The lowest BCUT2D eigenvalue weighted by Crippen LogP contribution is -2.45. The van der Waals surface area contributed by atoms with Gasteiger partial charge in [-0.3, -0.25) is 20.0 Å². The van der Waals surface area contributed by atoms with Crippen LogP contribution in [0.15, 0.2) is 23.6 Å². The summed E-state index contributed by atoms with van der Waals surface area (Å²) in [6.07, 6.45) is 6.15. The molecule has 1 aromatic rings. The van der Waals surface area contributed by atoms with Crippen molar-refractivity contribution < 1.29 is 9.59 Å². The molecule has 1 fully saturated rings. The Morgan fingerprint density at radius 1 is 1.40 bits per heavy atom. The van der Waals surface area contributed by atoms with Gasteiger partial charge in [0.15, 0.2) is 0 Å². The van der Waals surface area contributed by atoms with Gasteiger partial charge in [0.25, 0.3) is 0 Å². The topological polar surface area (TPSA) is 101 Å². The second-order valence-electron chi connectivity index (χ2n) is 4.50. The number of thioether (sulfide) groups is 1. The molecule has 0 radical (unpaired) electrons. The Bertz CT molecular complexity index is 462. The fourth-order valence-corrected chi connectivity index (χ4v) is 2.82. The fraction of sp³-hybridized carbons (Fsp3) is 0.500. The largest absolute Gasteiger partial charge is 0.342 e. The molecular weight excluding hydrogens is 278 g/mol. The zero-order valence-corrected chi connectivity index (χ0v) is 11.8. The van der Waals surface area contributed by atoms with Crippen LogP contribution in [0.25, 0.3) is 0 Å². The number of piperidine rings is 1. The second kappa shape index (κ2) is 7.20. The molecule has 2 heterocycles. The van der Waals surface area contributed by atoms with Crippen LogP contribution in [0.3, 0.4) is 0 Å². The van der Waals surface area contributed by atoms with Gasteiger partial charge in [-0.15, -0.1) is 0 Å². The number of nitrogens with one attached hydrogen (secondary N) is 1. The number of hydrazine groups is 1. The maximum atomic E-state index is 12.0. The van der Waals surface area contributed by atoms with Gasteiger partial charge in [0.05, 0.1) is 11.9 Å². The number of carbonyl (C=O) groups is 2. The monoisotopic (exact) mass is 295 g/mol. The van der Waals surface area contributed by atoms with Gasteiger partial charge >= 0.3 is 0 Å². The summed E-state index contributed by atoms with van der Waals surface area (Å²) < 4.78 is 0. The van der Waals surface area contributed by atoms with E-state index in [1.54, 1.807) is 23.5 Å². The number of hydrogen-bond acceptors (Lipinski definition) is 6. The van der Waals surface area contributed by atoms with Crippen LogP contribution in [-0.2, 0) is 9.59 Å². The van der Waals surface area contributed by atoms with Crippen LogP contribution in [0.4, 0.5) is 0 Å². The van der Waals surface area contributed by atoms with Crippen molar-refractivity contribution in [3.8, 4) is 0 Å². The molecule has 0 atom stereocenters. The third-order valence-corrected chi connectivity index (χ3v) is 4.14. The second-order valence-corrected chi connectivity index (χ2v) is 5.49. The van der Waals surface area contributed by atoms with Gasteiger partial charge in [-0.05, 0) is 12.8 Å². The van der Waals surface area contributed by atoms with Crippen molar-refractivity contribution in [2.24, 2.45) is 11.8 Å². The first-order valence-corrected chi connectivity index (χ1v) is 7.36. The first kappa shape index (κ1) is 14.7. The van der Waals surface area contributed by atoms with E-state index in [9.17, 15) is 9.59 Å². The van der Waals surface area contributed by atoms with Crippen LogP contribution >= 0.6 is 11.8 Å². The maximum absolute atomic E-state index is 12.0. The molecule has 2 amide bonds. The highest BCUT2D eigenvalue weighted by molar-refractivity contribution is 7.99. The smallest absolute Gasteiger partial charge is 0.237 e. The predicted octanol–water partition coefficient (Wildman–Crippen LogP) is -0.203. The number of rotatable bonds is 4. The van der Waals surface area contributed by atoms with E-state index >= 15 is 0 Å². The highest BCUT2D eigenvalue weighted by Crippen LogP contribution is 2.19. The minimum absolute atomic E-state index is 0.0623. The molecule has 3 N–H and O–H groups in total. The Morgan fingerprint density at radius 3 is 2.75 bits per heavy atom. The standard InChI is InChI=1S/C12H17N5O2S/c13-16-12(19)9-1-5-17(6-2-9)11(18)8-20-10-7-14-3-4-15-10/h3-4,7,9H,1-2,5-6,8,13H2,(H,16,19). The lowest BCUT2D eigenvalue weighted by Gasteiger charge is -2.30. The van der Waals surface area contributed by atoms with Gasteiger partial charge in [0, 0.05) is 31.4 Å². The average molecular weight is 295 g/mol. The van der Waals surface area contributed by atoms with Crippen LogP contribution in [0, 0.1) is 5.92 Å². The van der Waals surface area contributed by atoms with Crippen molar-refractivity contribution in [3.05, 3.63) is 18.6 Å². The number of likely N-dealkylation sites (tertiary alicyclic amines) is 1. The highest BCUT2D eigenvalue weighted by Gasteiger charge is 2.26. The third kappa shape index (κ3) is 3.91. The molecule has 0 spiro atoms. The number of nitrogens with two attached hydrogens (primary N) is 1. The molecule has 8 heteroatoms. The number of nitrogens with zero attached hydrogens (tertiary/aromatic N) is 3. The summed E-state index contributed by atoms with van der Waals surface area (Å²) in [7, 11) is 0. The Balaban J connectivity index is 1.76. The van der Waals surface area contributed by atoms with E-state index in [4.69, 9.17) is 5.84 Å². The van der Waals surface area contributed by atoms with E-state index in [1.807, 2.05) is 0 Å². The van der Waals surface area contributed by atoms with Crippen molar-refractivity contribution in [1.82, 2.24) is 20.3 Å². The zero-order chi connectivity index (χ0) is 14.4. The van der Waals surface area contributed by atoms with Gasteiger partial charge in [-0.2, -0.15) is 0 Å². The normalized spacial score (nSPS) is 15.9. The minimum Gasteiger partial charge on any atom is -0.342 e. The third-order valence-electron chi connectivity index (χ3n) is 3.24. The van der Waals surface area contributed by atoms with Crippen LogP contribution in [-0.4, -0.2) is 45.5 Å². The predicted molar refractivity (Wildman–Crippen MR) is 74.4 cm³/mol. The average Bonchev–Trinajstić information content (AvgIpc) is 2.53. The van der Waals surface area contributed by atoms with Crippen LogP contribution in [0.1, 0.15) is 12.8 Å². The summed E-state index contributed by atoms with van der Waals surface area (Å²) >= 11 is 1.37. The van der Waals surface area contributed by atoms with Crippen molar-refractivity contribution in [3.63, 3.8) is 0 Å². The van der Waals surface area contributed by atoms with Gasteiger partial charge in [0.1, 0.15) is 5.03 Å². The highest BCUT2D eigenvalue weighted by atomic mass is 32.2. The zero-order valence-electron chi connectivity index (χ0n) is 11.0. The molecule has 20 heavy (non-hydrogen) atoms. The summed E-state index contributed by atoms with van der Waals surface area (Å²) in [5.74, 6) is 5.28. The minimum atomic E-state index is -0.147. The molecule has 1 aliphatic heterocycles. The van der Waals surface area contributed by atoms with Gasteiger partial charge in [-0.25, -0.2) is 10.8 Å². The Hall–Kier alpha value is -1.67. The number of aromatic nitrogens is 2. The molecular formula is C12H17N5O2S. The maximum Gasteiger partial charge on any atom is 0.237 e. The molecule has 0 saturated carbocycles. The quantitative estimate of drug-likeness (QED) is 0.345. The molecule has 1 saturated heterocycles. The summed E-state index contributed by atoms with van der Waals surface area (Å²) in [6.45, 7) is 1.19. The molecule has 2 rings (SSSR count). The van der Waals surface area contributed by atoms with Crippen molar-refractivity contribution in [1.29, 1.82) is 0 Å². The van der Waals surface area contributed by atoms with E-state index in [0.29, 0.717) is 31.7 Å². The Morgan fingerprint density at radius 2 is 2.15 bits per heavy atom. The van der Waals surface area contributed by atoms with Crippen molar-refractivity contribution >= 4 is 23.6 Å². The molecule has 1 aliphatic rings. The molecule has 7 nitrogen and oxygen atoms in total. The van der Waals surface area contributed by atoms with Crippen LogP contribution in [0.2, 0.25) is 0 Å². The fourth-order valence-electron chi connectivity index (χ4n) is 2.10. The van der Waals surface area contributed by atoms with Gasteiger partial charge in [-0.1, -0.05) is 11.8 Å². The molecule has 0 bridgehead atoms. The van der Waals surface area contributed by atoms with Crippen molar-refractivity contribution in [2.75, 3.05) is 18.8 Å². The lowest BCUT2D eigenvalue weighted by molar-refractivity contribution is -0.133. The summed E-state index contributed by atoms with van der Waals surface area (Å²) in [5.41, 5.74) is 2.16. The van der Waals surface area contributed by atoms with Gasteiger partial charge < -0.3 is 4.90 Å². The van der Waals surface area contributed by atoms with Gasteiger partial charge in [0.2, 0.25) is 11.8 Å². The number of hydrogen-bond donors (Lipinski definition) is 2. The van der Waals surface area contributed by atoms with E-state index in [1.165, 1.54) is 11.8 Å². The number of amides is 2. The van der Waals surface area contributed by atoms with E-state index < -0.39 is 0 Å². The van der Waals surface area contributed by atoms with E-state index in [2.05, 4.69) is 15.4 Å². The SMILES string of the molecule is NNC(=O)C1CCN(C(=O)CSc2cnccn2)CC1.